The van der Waals surface area contributed by atoms with Crippen LogP contribution in [-0.2, 0) is 4.84 Å². The zero-order valence-corrected chi connectivity index (χ0v) is 7.88. The molecule has 1 unspecified atom stereocenters. The number of nitrogens with one attached hydrogen (secondary N) is 1. The highest BCUT2D eigenvalue weighted by Crippen LogP contribution is 2.11. The lowest BCUT2D eigenvalue weighted by Crippen LogP contribution is -2.27. The second-order valence-electron chi connectivity index (χ2n) is 3.22. The fourth-order valence-electron chi connectivity index (χ4n) is 1.45. The zero-order chi connectivity index (χ0) is 8.65. The largest absolute Gasteiger partial charge is 0.302 e. The molecule has 0 heterocycles. The fourth-order valence-corrected chi connectivity index (χ4v) is 1.45. The maximum atomic E-state index is 5.17. The van der Waals surface area contributed by atoms with E-state index in [0.29, 0.717) is 6.04 Å². The fraction of sp³-hybridized carbons (Fsp3) is 0.800. The van der Waals surface area contributed by atoms with Gasteiger partial charge in [-0.2, -0.15) is 5.48 Å². The molecule has 0 saturated carbocycles. The Morgan fingerprint density at radius 1 is 1.42 bits per heavy atom. The van der Waals surface area contributed by atoms with Gasteiger partial charge in [0.05, 0.1) is 12.6 Å². The van der Waals surface area contributed by atoms with Crippen LogP contribution in [0.25, 0.3) is 0 Å². The summed E-state index contributed by atoms with van der Waals surface area (Å²) in [5.74, 6) is 0. The van der Waals surface area contributed by atoms with Crippen LogP contribution in [0.2, 0.25) is 0 Å². The minimum atomic E-state index is 0.435. The average molecular weight is 169 g/mol. The van der Waals surface area contributed by atoms with Gasteiger partial charge in [0, 0.05) is 0 Å². The molecule has 1 atom stereocenters. The molecule has 1 rings (SSSR count). The molecule has 0 saturated heterocycles. The van der Waals surface area contributed by atoms with E-state index in [9.17, 15) is 0 Å². The highest BCUT2D eigenvalue weighted by atomic mass is 16.6. The number of hydrogen-bond donors (Lipinski definition) is 1. The summed E-state index contributed by atoms with van der Waals surface area (Å²) in [6.07, 6.45) is 10.9. The van der Waals surface area contributed by atoms with Crippen molar-refractivity contribution >= 4 is 0 Å². The van der Waals surface area contributed by atoms with Crippen LogP contribution in [0.4, 0.5) is 0 Å². The van der Waals surface area contributed by atoms with Gasteiger partial charge in [-0.05, 0) is 26.2 Å². The Balaban J connectivity index is 2.23. The van der Waals surface area contributed by atoms with Crippen molar-refractivity contribution in [2.75, 3.05) is 6.61 Å². The SMILES string of the molecule is CCONC1/C=C\CCCCC1. The maximum absolute atomic E-state index is 5.17. The number of allylic oxidation sites excluding steroid dienone is 1. The highest BCUT2D eigenvalue weighted by molar-refractivity contribution is 4.93. The summed E-state index contributed by atoms with van der Waals surface area (Å²) in [6, 6.07) is 0.435. The van der Waals surface area contributed by atoms with E-state index < -0.39 is 0 Å². The standard InChI is InChI=1S/C10H19NO/c1-2-12-11-10-8-6-4-3-5-7-9-10/h6,8,10-11H,2-5,7,9H2,1H3/b8-6-. The first kappa shape index (κ1) is 9.75. The molecule has 1 N–H and O–H groups in total. The third-order valence-corrected chi connectivity index (χ3v) is 2.13. The Bertz CT molecular complexity index is 134. The first-order valence-corrected chi connectivity index (χ1v) is 4.97. The van der Waals surface area contributed by atoms with Gasteiger partial charge in [-0.3, -0.25) is 0 Å². The number of hydroxylamine groups is 1. The molecule has 1 aliphatic rings. The van der Waals surface area contributed by atoms with Crippen LogP contribution in [0.15, 0.2) is 12.2 Å². The van der Waals surface area contributed by atoms with E-state index in [0.717, 1.165) is 6.61 Å². The summed E-state index contributed by atoms with van der Waals surface area (Å²) in [4.78, 5) is 5.17. The maximum Gasteiger partial charge on any atom is 0.0654 e. The van der Waals surface area contributed by atoms with Gasteiger partial charge in [0.15, 0.2) is 0 Å². The first-order valence-electron chi connectivity index (χ1n) is 4.97. The molecule has 0 aliphatic heterocycles. The number of rotatable bonds is 3. The summed E-state index contributed by atoms with van der Waals surface area (Å²) in [7, 11) is 0. The Morgan fingerprint density at radius 3 is 3.17 bits per heavy atom. The van der Waals surface area contributed by atoms with Crippen molar-refractivity contribution in [3.8, 4) is 0 Å². The van der Waals surface area contributed by atoms with Gasteiger partial charge in [-0.25, -0.2) is 0 Å². The van der Waals surface area contributed by atoms with E-state index in [-0.39, 0.29) is 0 Å². The van der Waals surface area contributed by atoms with Crippen LogP contribution in [0.1, 0.15) is 39.0 Å². The monoisotopic (exact) mass is 169 g/mol. The topological polar surface area (TPSA) is 21.3 Å². The van der Waals surface area contributed by atoms with Crippen LogP contribution in [0.3, 0.4) is 0 Å². The lowest BCUT2D eigenvalue weighted by Gasteiger charge is -2.15. The van der Waals surface area contributed by atoms with Crippen molar-refractivity contribution in [1.29, 1.82) is 0 Å². The minimum Gasteiger partial charge on any atom is -0.302 e. The quantitative estimate of drug-likeness (QED) is 0.517. The highest BCUT2D eigenvalue weighted by Gasteiger charge is 2.05. The second-order valence-corrected chi connectivity index (χ2v) is 3.22. The lowest BCUT2D eigenvalue weighted by molar-refractivity contribution is 0.0328. The molecule has 0 bridgehead atoms. The average Bonchev–Trinajstić information content (AvgIpc) is 2.02. The van der Waals surface area contributed by atoms with Crippen molar-refractivity contribution in [2.24, 2.45) is 0 Å². The van der Waals surface area contributed by atoms with Gasteiger partial charge < -0.3 is 4.84 Å². The summed E-state index contributed by atoms with van der Waals surface area (Å²) in [5, 5.41) is 0. The molecule has 2 heteroatoms. The first-order chi connectivity index (χ1) is 5.93. The summed E-state index contributed by atoms with van der Waals surface area (Å²) in [6.45, 7) is 2.74. The molecular formula is C10H19NO. The van der Waals surface area contributed by atoms with Gasteiger partial charge in [-0.15, -0.1) is 0 Å². The molecule has 1 aliphatic carbocycles. The summed E-state index contributed by atoms with van der Waals surface area (Å²) in [5.41, 5.74) is 3.05. The Labute approximate surface area is 74.9 Å². The van der Waals surface area contributed by atoms with E-state index >= 15 is 0 Å². The molecule has 0 aromatic rings. The summed E-state index contributed by atoms with van der Waals surface area (Å²) >= 11 is 0. The third-order valence-electron chi connectivity index (χ3n) is 2.13. The predicted octanol–water partition coefficient (Wildman–Crippen LogP) is 2.42. The van der Waals surface area contributed by atoms with Crippen molar-refractivity contribution in [2.45, 2.75) is 45.1 Å². The van der Waals surface area contributed by atoms with Crippen LogP contribution in [-0.4, -0.2) is 12.6 Å². The van der Waals surface area contributed by atoms with Crippen LogP contribution in [0.5, 0.6) is 0 Å². The van der Waals surface area contributed by atoms with E-state index in [1.54, 1.807) is 0 Å². The van der Waals surface area contributed by atoms with Crippen LogP contribution >= 0.6 is 0 Å². The molecule has 70 valence electrons. The van der Waals surface area contributed by atoms with Crippen molar-refractivity contribution in [1.82, 2.24) is 5.48 Å². The zero-order valence-electron chi connectivity index (χ0n) is 7.88. The van der Waals surface area contributed by atoms with Crippen molar-refractivity contribution < 1.29 is 4.84 Å². The van der Waals surface area contributed by atoms with E-state index in [4.69, 9.17) is 4.84 Å². The van der Waals surface area contributed by atoms with Gasteiger partial charge in [0.1, 0.15) is 0 Å². The second kappa shape index (κ2) is 6.21. The normalized spacial score (nSPS) is 27.6. The number of hydrogen-bond acceptors (Lipinski definition) is 2. The van der Waals surface area contributed by atoms with Crippen LogP contribution in [0, 0.1) is 0 Å². The molecule has 2 nitrogen and oxygen atoms in total. The van der Waals surface area contributed by atoms with Gasteiger partial charge >= 0.3 is 0 Å². The molecule has 0 spiro atoms. The van der Waals surface area contributed by atoms with Crippen molar-refractivity contribution in [3.63, 3.8) is 0 Å². The Kier molecular flexibility index (Phi) is 5.04. The van der Waals surface area contributed by atoms with Gasteiger partial charge in [0.25, 0.3) is 0 Å². The third kappa shape index (κ3) is 3.88. The molecule has 0 fully saturated rings. The van der Waals surface area contributed by atoms with E-state index in [1.807, 2.05) is 6.92 Å². The molecular weight excluding hydrogens is 150 g/mol. The molecule has 12 heavy (non-hydrogen) atoms. The lowest BCUT2D eigenvalue weighted by atomic mass is 10.0. The molecule has 0 radical (unpaired) electrons. The molecule has 0 amide bonds. The smallest absolute Gasteiger partial charge is 0.0654 e. The van der Waals surface area contributed by atoms with Crippen molar-refractivity contribution in [3.05, 3.63) is 12.2 Å². The Hall–Kier alpha value is -0.340. The minimum absolute atomic E-state index is 0.435. The predicted molar refractivity (Wildman–Crippen MR) is 50.8 cm³/mol. The summed E-state index contributed by atoms with van der Waals surface area (Å²) < 4.78 is 0. The van der Waals surface area contributed by atoms with E-state index in [1.165, 1.54) is 32.1 Å². The van der Waals surface area contributed by atoms with Crippen LogP contribution < -0.4 is 5.48 Å². The van der Waals surface area contributed by atoms with E-state index in [2.05, 4.69) is 17.6 Å². The van der Waals surface area contributed by atoms with Gasteiger partial charge in [-0.1, -0.05) is 25.0 Å². The molecule has 0 aromatic heterocycles. The molecule has 0 aromatic carbocycles. The Morgan fingerprint density at radius 2 is 2.33 bits per heavy atom. The van der Waals surface area contributed by atoms with Gasteiger partial charge in [0.2, 0.25) is 0 Å².